The van der Waals surface area contributed by atoms with E-state index in [0.717, 1.165) is 0 Å². The smallest absolute Gasteiger partial charge is 0.780 e. The number of methoxy groups -OCH3 is 2. The number of aryl methyl sites for hydroxylation is 1. The molecule has 0 fully saturated rings. The number of phosphoric ester groups is 1. The van der Waals surface area contributed by atoms with Gasteiger partial charge in [0.1, 0.15) is 25.1 Å². The molecule has 8 nitrogen and oxygen atoms in total. The van der Waals surface area contributed by atoms with Crippen LogP contribution in [0.1, 0.15) is 27.8 Å². The largest absolute Gasteiger partial charge is 1.00 e. The van der Waals surface area contributed by atoms with Crippen molar-refractivity contribution in [3.8, 4) is 17.2 Å². The molecule has 0 bridgehead atoms. The van der Waals surface area contributed by atoms with Gasteiger partial charge in [0.15, 0.2) is 0 Å². The average molecular weight is 454 g/mol. The first kappa shape index (κ1) is 29.7. The SMILES string of the molecule is COc1cc(OP(=O)([O-])[O-])c(/C=C\c2cc(CO)c(CO)c(OC)c2)cc1C.[Na+].[Na+]. The molecule has 0 aliphatic rings. The predicted molar refractivity (Wildman–Crippen MR) is 99.7 cm³/mol. The molecule has 0 amide bonds. The van der Waals surface area contributed by atoms with Gasteiger partial charge in [-0.05, 0) is 41.8 Å². The van der Waals surface area contributed by atoms with Crippen LogP contribution in [0.2, 0.25) is 0 Å². The molecule has 0 spiro atoms. The molecule has 0 saturated carbocycles. The molecule has 0 radical (unpaired) electrons. The Morgan fingerprint density at radius 3 is 2.07 bits per heavy atom. The van der Waals surface area contributed by atoms with Crippen molar-refractivity contribution in [2.45, 2.75) is 20.1 Å². The number of aliphatic hydroxyl groups is 2. The van der Waals surface area contributed by atoms with E-state index in [4.69, 9.17) is 9.47 Å². The van der Waals surface area contributed by atoms with E-state index >= 15 is 0 Å². The van der Waals surface area contributed by atoms with Crippen molar-refractivity contribution in [3.63, 3.8) is 0 Å². The molecule has 2 aromatic carbocycles. The van der Waals surface area contributed by atoms with Crippen LogP contribution in [-0.2, 0) is 17.8 Å². The second-order valence-corrected chi connectivity index (χ2v) is 6.99. The summed E-state index contributed by atoms with van der Waals surface area (Å²) in [7, 11) is -2.40. The number of hydrogen-bond donors (Lipinski definition) is 2. The predicted octanol–water partition coefficient (Wildman–Crippen LogP) is -4.62. The van der Waals surface area contributed by atoms with E-state index in [-0.39, 0.29) is 78.1 Å². The van der Waals surface area contributed by atoms with Gasteiger partial charge >= 0.3 is 59.1 Å². The molecular weight excluding hydrogens is 433 g/mol. The number of aliphatic hydroxyl groups excluding tert-OH is 2. The maximum atomic E-state index is 11.1. The van der Waals surface area contributed by atoms with Crippen LogP contribution in [-0.4, -0.2) is 24.4 Å². The zero-order chi connectivity index (χ0) is 20.9. The summed E-state index contributed by atoms with van der Waals surface area (Å²) in [5, 5.41) is 19.0. The van der Waals surface area contributed by atoms with Gasteiger partial charge in [-0.15, -0.1) is 0 Å². The molecule has 0 aliphatic heterocycles. The molecule has 0 saturated heterocycles. The fraction of sp³-hybridized carbons (Fsp3) is 0.263. The molecule has 0 aromatic heterocycles. The van der Waals surface area contributed by atoms with Gasteiger partial charge in [-0.3, -0.25) is 0 Å². The number of benzene rings is 2. The Labute approximate surface area is 219 Å². The first-order valence-corrected chi connectivity index (χ1v) is 9.68. The minimum Gasteiger partial charge on any atom is -0.780 e. The topological polar surface area (TPSA) is 131 Å². The summed E-state index contributed by atoms with van der Waals surface area (Å²) in [6.07, 6.45) is 3.20. The number of hydrogen-bond acceptors (Lipinski definition) is 8. The van der Waals surface area contributed by atoms with Crippen molar-refractivity contribution in [1.82, 2.24) is 0 Å². The monoisotopic (exact) mass is 454 g/mol. The Kier molecular flexibility index (Phi) is 13.1. The molecule has 2 N–H and O–H groups in total. The van der Waals surface area contributed by atoms with E-state index in [1.165, 1.54) is 20.3 Å². The van der Waals surface area contributed by atoms with Crippen molar-refractivity contribution in [2.24, 2.45) is 0 Å². The Hall–Kier alpha value is -0.350. The van der Waals surface area contributed by atoms with Gasteiger partial charge in [-0.2, -0.15) is 0 Å². The van der Waals surface area contributed by atoms with Crippen LogP contribution in [0.5, 0.6) is 17.2 Å². The molecule has 0 heterocycles. The molecule has 2 rings (SSSR count). The van der Waals surface area contributed by atoms with Crippen LogP contribution in [0.3, 0.4) is 0 Å². The number of phosphoric acid groups is 1. The zero-order valence-corrected chi connectivity index (χ0v) is 22.6. The van der Waals surface area contributed by atoms with E-state index in [1.807, 2.05) is 0 Å². The minimum atomic E-state index is -5.26. The summed E-state index contributed by atoms with van der Waals surface area (Å²) in [6, 6.07) is 6.26. The van der Waals surface area contributed by atoms with Crippen LogP contribution in [0, 0.1) is 6.92 Å². The Morgan fingerprint density at radius 1 is 0.933 bits per heavy atom. The summed E-state index contributed by atoms with van der Waals surface area (Å²) < 4.78 is 26.0. The summed E-state index contributed by atoms with van der Waals surface area (Å²) in [4.78, 5) is 22.1. The Morgan fingerprint density at radius 2 is 1.57 bits per heavy atom. The normalized spacial score (nSPS) is 10.9. The van der Waals surface area contributed by atoms with Crippen LogP contribution >= 0.6 is 7.82 Å². The van der Waals surface area contributed by atoms with Crippen molar-refractivity contribution >= 4 is 20.0 Å². The molecule has 0 unspecified atom stereocenters. The fourth-order valence-electron chi connectivity index (χ4n) is 2.75. The summed E-state index contributed by atoms with van der Waals surface area (Å²) in [5.41, 5.74) is 2.66. The zero-order valence-electron chi connectivity index (χ0n) is 17.7. The second kappa shape index (κ2) is 13.3. The molecule has 11 heteroatoms. The van der Waals surface area contributed by atoms with Gasteiger partial charge in [0.25, 0.3) is 0 Å². The fourth-order valence-corrected chi connectivity index (χ4v) is 3.15. The maximum Gasteiger partial charge on any atom is 1.00 e. The number of ether oxygens (including phenoxy) is 2. The average Bonchev–Trinajstić information content (AvgIpc) is 2.65. The van der Waals surface area contributed by atoms with Crippen LogP contribution in [0.15, 0.2) is 24.3 Å². The summed E-state index contributed by atoms with van der Waals surface area (Å²) in [6.45, 7) is 1.18. The molecule has 2 aromatic rings. The third-order valence-corrected chi connectivity index (χ3v) is 4.49. The van der Waals surface area contributed by atoms with Gasteiger partial charge < -0.3 is 38.6 Å². The van der Waals surface area contributed by atoms with Crippen molar-refractivity contribution < 1.29 is 97.7 Å². The van der Waals surface area contributed by atoms with E-state index in [1.54, 1.807) is 37.3 Å². The van der Waals surface area contributed by atoms with E-state index in [0.29, 0.717) is 39.3 Å². The minimum absolute atomic E-state index is 0. The van der Waals surface area contributed by atoms with Crippen molar-refractivity contribution in [1.29, 1.82) is 0 Å². The maximum absolute atomic E-state index is 11.1. The van der Waals surface area contributed by atoms with Crippen molar-refractivity contribution in [2.75, 3.05) is 14.2 Å². The standard InChI is InChI=1S/C19H23O8P.2Na/c1-12-6-14(18(9-17(12)25-2)27-28(22,23)24)5-4-13-7-15(10-20)16(11-21)19(8-13)26-3;;/h4-9,20-21H,10-11H2,1-3H3,(H2,22,23,24);;/q;2*+1/p-2/b5-4-;;. The Balaban J connectivity index is 0.00000420. The first-order valence-electron chi connectivity index (χ1n) is 8.22. The first-order chi connectivity index (χ1) is 13.2. The summed E-state index contributed by atoms with van der Waals surface area (Å²) >= 11 is 0. The molecule has 152 valence electrons. The second-order valence-electron chi connectivity index (χ2n) is 5.91. The summed E-state index contributed by atoms with van der Waals surface area (Å²) in [5.74, 6) is 0.616. The molecular formula is C19H21Na2O8P. The number of rotatable bonds is 8. The van der Waals surface area contributed by atoms with Crippen LogP contribution in [0.4, 0.5) is 0 Å². The van der Waals surface area contributed by atoms with E-state index < -0.39 is 7.82 Å². The van der Waals surface area contributed by atoms with Crippen LogP contribution < -0.4 is 82.9 Å². The van der Waals surface area contributed by atoms with Gasteiger partial charge in [-0.25, -0.2) is 0 Å². The van der Waals surface area contributed by atoms with Gasteiger partial charge in [0.2, 0.25) is 0 Å². The molecule has 0 atom stereocenters. The third-order valence-electron chi connectivity index (χ3n) is 4.06. The molecule has 30 heavy (non-hydrogen) atoms. The van der Waals surface area contributed by atoms with E-state index in [9.17, 15) is 24.6 Å². The Bertz CT molecular complexity index is 902. The molecule has 0 aliphatic carbocycles. The van der Waals surface area contributed by atoms with Crippen LogP contribution in [0.25, 0.3) is 12.2 Å². The van der Waals surface area contributed by atoms with Crippen molar-refractivity contribution in [3.05, 3.63) is 52.1 Å². The van der Waals surface area contributed by atoms with E-state index in [2.05, 4.69) is 4.52 Å². The quantitative estimate of drug-likeness (QED) is 0.232. The van der Waals surface area contributed by atoms with Gasteiger partial charge in [0.05, 0.1) is 27.4 Å². The third kappa shape index (κ3) is 7.97. The van der Waals surface area contributed by atoms with Gasteiger partial charge in [-0.1, -0.05) is 12.2 Å². The van der Waals surface area contributed by atoms with Gasteiger partial charge in [0, 0.05) is 17.2 Å².